The highest BCUT2D eigenvalue weighted by Crippen LogP contribution is 2.06. The van der Waals surface area contributed by atoms with Crippen molar-refractivity contribution in [3.63, 3.8) is 0 Å². The molecule has 0 bridgehead atoms. The first-order valence-corrected chi connectivity index (χ1v) is 3.92. The monoisotopic (exact) mass is 147 g/mol. The van der Waals surface area contributed by atoms with E-state index in [1.807, 2.05) is 24.3 Å². The zero-order valence-corrected chi connectivity index (χ0v) is 6.59. The fourth-order valence-corrected chi connectivity index (χ4v) is 0.943. The summed E-state index contributed by atoms with van der Waals surface area (Å²) in [6, 6.07) is 0. The highest BCUT2D eigenvalue weighted by Gasteiger charge is 1.90. The Morgan fingerprint density at radius 3 is 3.00 bits per heavy atom. The maximum atomic E-state index is 5.39. The van der Waals surface area contributed by atoms with Crippen LogP contribution in [-0.4, -0.2) is 6.54 Å². The zero-order valence-electron chi connectivity index (χ0n) is 6.59. The van der Waals surface area contributed by atoms with E-state index in [9.17, 15) is 0 Å². The van der Waals surface area contributed by atoms with Gasteiger partial charge in [0, 0.05) is 0 Å². The molecule has 0 fully saturated rings. The fraction of sp³-hybridized carbons (Fsp3) is 0.300. The van der Waals surface area contributed by atoms with Crippen molar-refractivity contribution in [3.8, 4) is 0 Å². The van der Waals surface area contributed by atoms with Gasteiger partial charge in [-0.25, -0.2) is 0 Å². The third kappa shape index (κ3) is 3.03. The number of hydrogen-bond acceptors (Lipinski definition) is 1. The second kappa shape index (κ2) is 4.73. The van der Waals surface area contributed by atoms with E-state index in [0.29, 0.717) is 0 Å². The first-order chi connectivity index (χ1) is 5.43. The molecule has 2 N–H and O–H groups in total. The molecule has 0 aliphatic heterocycles. The molecule has 0 saturated heterocycles. The minimum Gasteiger partial charge on any atom is -0.330 e. The summed E-state index contributed by atoms with van der Waals surface area (Å²) in [6.07, 6.45) is 12.1. The summed E-state index contributed by atoms with van der Waals surface area (Å²) in [5.74, 6) is 0. The lowest BCUT2D eigenvalue weighted by atomic mass is 10.1. The van der Waals surface area contributed by atoms with E-state index >= 15 is 0 Å². The Hall–Kier alpha value is -1.04. The van der Waals surface area contributed by atoms with Crippen molar-refractivity contribution in [1.82, 2.24) is 0 Å². The molecule has 0 aromatic heterocycles. The Labute approximate surface area is 67.6 Å². The first-order valence-electron chi connectivity index (χ1n) is 3.92. The Balaban J connectivity index is 2.51. The summed E-state index contributed by atoms with van der Waals surface area (Å²) >= 11 is 0. The van der Waals surface area contributed by atoms with Gasteiger partial charge in [0.2, 0.25) is 0 Å². The summed E-state index contributed by atoms with van der Waals surface area (Å²) < 4.78 is 0. The molecule has 0 saturated carbocycles. The van der Waals surface area contributed by atoms with Gasteiger partial charge in [0.15, 0.2) is 0 Å². The molecule has 0 aromatic rings. The van der Waals surface area contributed by atoms with Gasteiger partial charge in [-0.15, -0.1) is 5.73 Å². The SMILES string of the molecule is NCCCC1=C=CC=CC=C1. The molecule has 0 unspecified atom stereocenters. The van der Waals surface area contributed by atoms with E-state index < -0.39 is 0 Å². The molecule has 1 aliphatic rings. The maximum Gasteiger partial charge on any atom is -0.00599 e. The Morgan fingerprint density at radius 2 is 2.18 bits per heavy atom. The van der Waals surface area contributed by atoms with Crippen LogP contribution >= 0.6 is 0 Å². The predicted octanol–water partition coefficient (Wildman–Crippen LogP) is 1.93. The van der Waals surface area contributed by atoms with Crippen LogP contribution in [0.1, 0.15) is 12.8 Å². The van der Waals surface area contributed by atoms with E-state index in [2.05, 4.69) is 11.8 Å². The highest BCUT2D eigenvalue weighted by molar-refractivity contribution is 5.27. The van der Waals surface area contributed by atoms with E-state index in [4.69, 9.17) is 5.73 Å². The van der Waals surface area contributed by atoms with Crippen molar-refractivity contribution in [3.05, 3.63) is 41.7 Å². The van der Waals surface area contributed by atoms with Crippen LogP contribution in [0, 0.1) is 0 Å². The fourth-order valence-electron chi connectivity index (χ4n) is 0.943. The smallest absolute Gasteiger partial charge is 0.00599 e. The Morgan fingerprint density at radius 1 is 1.27 bits per heavy atom. The van der Waals surface area contributed by atoms with Gasteiger partial charge in [-0.3, -0.25) is 0 Å². The lowest BCUT2D eigenvalue weighted by Gasteiger charge is -1.94. The molecule has 0 atom stereocenters. The molecule has 0 radical (unpaired) electrons. The van der Waals surface area contributed by atoms with E-state index in [-0.39, 0.29) is 0 Å². The molecule has 1 heteroatoms. The summed E-state index contributed by atoms with van der Waals surface area (Å²) in [5, 5.41) is 0. The van der Waals surface area contributed by atoms with Gasteiger partial charge in [0.05, 0.1) is 0 Å². The summed E-state index contributed by atoms with van der Waals surface area (Å²) in [5.41, 5.74) is 9.81. The van der Waals surface area contributed by atoms with Crippen LogP contribution in [0.5, 0.6) is 0 Å². The van der Waals surface area contributed by atoms with Gasteiger partial charge >= 0.3 is 0 Å². The second-order valence-electron chi connectivity index (χ2n) is 2.47. The minimum atomic E-state index is 0.756. The second-order valence-corrected chi connectivity index (χ2v) is 2.47. The van der Waals surface area contributed by atoms with Gasteiger partial charge in [-0.2, -0.15) is 0 Å². The van der Waals surface area contributed by atoms with E-state index in [1.54, 1.807) is 0 Å². The van der Waals surface area contributed by atoms with Crippen molar-refractivity contribution < 1.29 is 0 Å². The van der Waals surface area contributed by atoms with Crippen LogP contribution in [0.2, 0.25) is 0 Å². The normalized spacial score (nSPS) is 14.8. The van der Waals surface area contributed by atoms with Crippen molar-refractivity contribution in [1.29, 1.82) is 0 Å². The van der Waals surface area contributed by atoms with Crippen LogP contribution < -0.4 is 5.73 Å². The molecule has 0 spiro atoms. The molecule has 0 amide bonds. The van der Waals surface area contributed by atoms with Crippen LogP contribution in [-0.2, 0) is 0 Å². The largest absolute Gasteiger partial charge is 0.330 e. The average Bonchev–Trinajstić information content (AvgIpc) is 2.28. The Kier molecular flexibility index (Phi) is 3.46. The topological polar surface area (TPSA) is 26.0 Å². The molecule has 1 rings (SSSR count). The molecule has 11 heavy (non-hydrogen) atoms. The zero-order chi connectivity index (χ0) is 7.94. The van der Waals surface area contributed by atoms with Crippen molar-refractivity contribution in [2.75, 3.05) is 6.54 Å². The number of hydrogen-bond donors (Lipinski definition) is 1. The van der Waals surface area contributed by atoms with Gasteiger partial charge in [0.1, 0.15) is 0 Å². The predicted molar refractivity (Wildman–Crippen MR) is 48.2 cm³/mol. The lowest BCUT2D eigenvalue weighted by Crippen LogP contribution is -1.97. The van der Waals surface area contributed by atoms with Crippen molar-refractivity contribution in [2.24, 2.45) is 5.73 Å². The van der Waals surface area contributed by atoms with Gasteiger partial charge in [-0.1, -0.05) is 24.3 Å². The van der Waals surface area contributed by atoms with Gasteiger partial charge < -0.3 is 5.73 Å². The molecule has 58 valence electrons. The number of rotatable bonds is 3. The number of nitrogens with two attached hydrogens (primary N) is 1. The average molecular weight is 147 g/mol. The highest BCUT2D eigenvalue weighted by atomic mass is 14.5. The third-order valence-electron chi connectivity index (χ3n) is 1.53. The van der Waals surface area contributed by atoms with Crippen LogP contribution in [0.15, 0.2) is 41.7 Å². The standard InChI is InChI=1S/C10H13N/c11-9-5-8-10-6-3-1-2-4-7-10/h1-4,6H,5,8-9,11H2. The first kappa shape index (κ1) is 8.06. The third-order valence-corrected chi connectivity index (χ3v) is 1.53. The van der Waals surface area contributed by atoms with Gasteiger partial charge in [-0.05, 0) is 31.0 Å². The quantitative estimate of drug-likeness (QED) is 0.606. The molecule has 0 aromatic carbocycles. The molecular weight excluding hydrogens is 134 g/mol. The Bertz CT molecular complexity index is 227. The maximum absolute atomic E-state index is 5.39. The van der Waals surface area contributed by atoms with Crippen LogP contribution in [0.4, 0.5) is 0 Å². The molecule has 1 aliphatic carbocycles. The minimum absolute atomic E-state index is 0.756. The van der Waals surface area contributed by atoms with Crippen LogP contribution in [0.3, 0.4) is 0 Å². The van der Waals surface area contributed by atoms with E-state index in [1.165, 1.54) is 5.57 Å². The van der Waals surface area contributed by atoms with E-state index in [0.717, 1.165) is 19.4 Å². The van der Waals surface area contributed by atoms with Gasteiger partial charge in [0.25, 0.3) is 0 Å². The lowest BCUT2D eigenvalue weighted by molar-refractivity contribution is 0.837. The summed E-state index contributed by atoms with van der Waals surface area (Å²) in [4.78, 5) is 0. The molecular formula is C10H13N. The summed E-state index contributed by atoms with van der Waals surface area (Å²) in [7, 11) is 0. The van der Waals surface area contributed by atoms with Crippen molar-refractivity contribution in [2.45, 2.75) is 12.8 Å². The molecule has 0 heterocycles. The van der Waals surface area contributed by atoms with Crippen LogP contribution in [0.25, 0.3) is 0 Å². The van der Waals surface area contributed by atoms with Crippen molar-refractivity contribution >= 4 is 0 Å². The number of allylic oxidation sites excluding steroid dienone is 5. The summed E-state index contributed by atoms with van der Waals surface area (Å²) in [6.45, 7) is 0.756. The molecule has 1 nitrogen and oxygen atoms in total.